The van der Waals surface area contributed by atoms with E-state index in [1.165, 1.54) is 0 Å². The summed E-state index contributed by atoms with van der Waals surface area (Å²) in [5.41, 5.74) is 0.864. The maximum Gasteiger partial charge on any atom is 0.180 e. The number of nitrogens with one attached hydrogen (secondary N) is 1. The Morgan fingerprint density at radius 3 is 2.56 bits per heavy atom. The van der Waals surface area contributed by atoms with Crippen LogP contribution < -0.4 is 5.32 Å². The highest BCUT2D eigenvalue weighted by molar-refractivity contribution is 7.92. The van der Waals surface area contributed by atoms with Gasteiger partial charge in [0.15, 0.2) is 9.84 Å². The van der Waals surface area contributed by atoms with Gasteiger partial charge in [-0.15, -0.1) is 0 Å². The molecule has 0 aliphatic carbocycles. The minimum atomic E-state index is -3.16. The molecule has 1 rings (SSSR count). The molecular weight excluding hydrogens is 222 g/mol. The summed E-state index contributed by atoms with van der Waals surface area (Å²) in [6.07, 6.45) is 1.02. The van der Waals surface area contributed by atoms with Crippen molar-refractivity contribution in [2.45, 2.75) is 37.3 Å². The van der Waals surface area contributed by atoms with Gasteiger partial charge in [-0.25, -0.2) is 8.42 Å². The molecule has 0 radical (unpaired) electrons. The average Bonchev–Trinajstić information content (AvgIpc) is 2.26. The first kappa shape index (κ1) is 13.0. The van der Waals surface area contributed by atoms with Gasteiger partial charge in [-0.05, 0) is 38.5 Å². The van der Waals surface area contributed by atoms with E-state index < -0.39 is 9.84 Å². The SMILES string of the molecule is CCCNc1cccc(S(=O)(=O)C(C)C)c1. The first-order valence-corrected chi connectivity index (χ1v) is 7.11. The van der Waals surface area contributed by atoms with Crippen LogP contribution in [-0.2, 0) is 9.84 Å². The number of rotatable bonds is 5. The minimum absolute atomic E-state index is 0.381. The van der Waals surface area contributed by atoms with Gasteiger partial charge in [0, 0.05) is 12.2 Å². The van der Waals surface area contributed by atoms with Crippen LogP contribution in [0.3, 0.4) is 0 Å². The number of benzene rings is 1. The van der Waals surface area contributed by atoms with Crippen molar-refractivity contribution >= 4 is 15.5 Å². The van der Waals surface area contributed by atoms with Gasteiger partial charge in [0.1, 0.15) is 0 Å². The fourth-order valence-electron chi connectivity index (χ4n) is 1.32. The molecule has 4 heteroatoms. The van der Waals surface area contributed by atoms with Crippen LogP contribution in [0.2, 0.25) is 0 Å². The van der Waals surface area contributed by atoms with E-state index in [0.29, 0.717) is 4.90 Å². The number of sulfone groups is 1. The Morgan fingerprint density at radius 2 is 2.00 bits per heavy atom. The number of anilines is 1. The molecule has 16 heavy (non-hydrogen) atoms. The summed E-state index contributed by atoms with van der Waals surface area (Å²) in [4.78, 5) is 0.392. The maximum absolute atomic E-state index is 11.9. The zero-order valence-electron chi connectivity index (χ0n) is 10.0. The van der Waals surface area contributed by atoms with Crippen molar-refractivity contribution in [3.05, 3.63) is 24.3 Å². The van der Waals surface area contributed by atoms with Crippen molar-refractivity contribution < 1.29 is 8.42 Å². The Labute approximate surface area is 97.8 Å². The zero-order valence-corrected chi connectivity index (χ0v) is 10.8. The van der Waals surface area contributed by atoms with Gasteiger partial charge in [0.25, 0.3) is 0 Å². The van der Waals surface area contributed by atoms with Gasteiger partial charge in [-0.3, -0.25) is 0 Å². The third-order valence-corrected chi connectivity index (χ3v) is 4.51. The Kier molecular flexibility index (Phi) is 4.35. The van der Waals surface area contributed by atoms with E-state index in [0.717, 1.165) is 18.7 Å². The lowest BCUT2D eigenvalue weighted by atomic mass is 10.3. The van der Waals surface area contributed by atoms with Crippen molar-refractivity contribution in [2.24, 2.45) is 0 Å². The number of hydrogen-bond donors (Lipinski definition) is 1. The van der Waals surface area contributed by atoms with E-state index >= 15 is 0 Å². The van der Waals surface area contributed by atoms with Crippen LogP contribution in [-0.4, -0.2) is 20.2 Å². The molecule has 0 aliphatic rings. The fraction of sp³-hybridized carbons (Fsp3) is 0.500. The summed E-state index contributed by atoms with van der Waals surface area (Å²) in [5, 5.41) is 2.80. The van der Waals surface area contributed by atoms with Crippen molar-refractivity contribution in [2.75, 3.05) is 11.9 Å². The van der Waals surface area contributed by atoms with Gasteiger partial charge in [0.2, 0.25) is 0 Å². The molecule has 1 aromatic rings. The monoisotopic (exact) mass is 241 g/mol. The van der Waals surface area contributed by atoms with Gasteiger partial charge >= 0.3 is 0 Å². The van der Waals surface area contributed by atoms with Gasteiger partial charge in [-0.1, -0.05) is 13.0 Å². The van der Waals surface area contributed by atoms with Crippen molar-refractivity contribution in [1.82, 2.24) is 0 Å². The molecule has 3 nitrogen and oxygen atoms in total. The standard InChI is InChI=1S/C12H19NO2S/c1-4-8-13-11-6-5-7-12(9-11)16(14,15)10(2)3/h5-7,9-10,13H,4,8H2,1-3H3. The first-order chi connectivity index (χ1) is 7.48. The maximum atomic E-state index is 11.9. The van der Waals surface area contributed by atoms with E-state index in [-0.39, 0.29) is 5.25 Å². The Bertz CT molecular complexity index is 438. The van der Waals surface area contributed by atoms with E-state index in [4.69, 9.17) is 0 Å². The summed E-state index contributed by atoms with van der Waals surface area (Å²) in [5.74, 6) is 0. The largest absolute Gasteiger partial charge is 0.385 e. The average molecular weight is 241 g/mol. The first-order valence-electron chi connectivity index (χ1n) is 5.56. The van der Waals surface area contributed by atoms with Crippen LogP contribution in [0.15, 0.2) is 29.2 Å². The molecule has 1 aromatic carbocycles. The smallest absolute Gasteiger partial charge is 0.180 e. The van der Waals surface area contributed by atoms with E-state index in [9.17, 15) is 8.42 Å². The quantitative estimate of drug-likeness (QED) is 0.862. The lowest BCUT2D eigenvalue weighted by molar-refractivity contribution is 0.587. The van der Waals surface area contributed by atoms with Crippen LogP contribution in [0.25, 0.3) is 0 Å². The highest BCUT2D eigenvalue weighted by Crippen LogP contribution is 2.19. The van der Waals surface area contributed by atoms with Crippen LogP contribution in [0.1, 0.15) is 27.2 Å². The molecule has 0 saturated carbocycles. The third-order valence-electron chi connectivity index (χ3n) is 2.36. The Hall–Kier alpha value is -1.03. The molecule has 1 N–H and O–H groups in total. The summed E-state index contributed by atoms with van der Waals surface area (Å²) in [6.45, 7) is 6.32. The molecule has 0 saturated heterocycles. The molecule has 0 atom stereocenters. The molecule has 0 unspecified atom stereocenters. The molecule has 90 valence electrons. The predicted octanol–water partition coefficient (Wildman–Crippen LogP) is 2.69. The lowest BCUT2D eigenvalue weighted by Crippen LogP contribution is -2.14. The summed E-state index contributed by atoms with van der Waals surface area (Å²) in [6, 6.07) is 7.00. The van der Waals surface area contributed by atoms with Crippen LogP contribution in [0.4, 0.5) is 5.69 Å². The summed E-state index contributed by atoms with van der Waals surface area (Å²) in [7, 11) is -3.16. The van der Waals surface area contributed by atoms with Crippen LogP contribution >= 0.6 is 0 Å². The minimum Gasteiger partial charge on any atom is -0.385 e. The van der Waals surface area contributed by atoms with E-state index in [1.54, 1.807) is 32.0 Å². The van der Waals surface area contributed by atoms with Crippen molar-refractivity contribution in [3.8, 4) is 0 Å². The molecular formula is C12H19NO2S. The number of hydrogen-bond acceptors (Lipinski definition) is 3. The Morgan fingerprint density at radius 1 is 1.31 bits per heavy atom. The molecule has 0 aliphatic heterocycles. The second-order valence-corrected chi connectivity index (χ2v) is 6.55. The Balaban J connectivity index is 2.99. The molecule has 0 spiro atoms. The van der Waals surface area contributed by atoms with Gasteiger partial charge in [-0.2, -0.15) is 0 Å². The van der Waals surface area contributed by atoms with Gasteiger partial charge in [0.05, 0.1) is 10.1 Å². The molecule has 0 heterocycles. The van der Waals surface area contributed by atoms with Crippen molar-refractivity contribution in [1.29, 1.82) is 0 Å². The van der Waals surface area contributed by atoms with E-state index in [2.05, 4.69) is 12.2 Å². The predicted molar refractivity (Wildman–Crippen MR) is 67.5 cm³/mol. The molecule has 0 amide bonds. The van der Waals surface area contributed by atoms with Crippen LogP contribution in [0.5, 0.6) is 0 Å². The van der Waals surface area contributed by atoms with Crippen LogP contribution in [0, 0.1) is 0 Å². The molecule has 0 aromatic heterocycles. The van der Waals surface area contributed by atoms with Gasteiger partial charge < -0.3 is 5.32 Å². The third kappa shape index (κ3) is 2.98. The zero-order chi connectivity index (χ0) is 12.2. The highest BCUT2D eigenvalue weighted by atomic mass is 32.2. The highest BCUT2D eigenvalue weighted by Gasteiger charge is 2.18. The molecule has 0 fully saturated rings. The van der Waals surface area contributed by atoms with E-state index in [1.807, 2.05) is 6.07 Å². The lowest BCUT2D eigenvalue weighted by Gasteiger charge is -2.10. The second-order valence-electron chi connectivity index (χ2n) is 4.05. The normalized spacial score (nSPS) is 11.8. The summed E-state index contributed by atoms with van der Waals surface area (Å²) >= 11 is 0. The summed E-state index contributed by atoms with van der Waals surface area (Å²) < 4.78 is 23.9. The van der Waals surface area contributed by atoms with Crippen molar-refractivity contribution in [3.63, 3.8) is 0 Å². The molecule has 0 bridgehead atoms. The second kappa shape index (κ2) is 5.34. The fourth-order valence-corrected chi connectivity index (χ4v) is 2.43. The topological polar surface area (TPSA) is 46.2 Å².